The van der Waals surface area contributed by atoms with Crippen LogP contribution in [0.4, 0.5) is 5.69 Å². The van der Waals surface area contributed by atoms with Crippen molar-refractivity contribution in [2.75, 3.05) is 5.32 Å². The molecule has 0 spiro atoms. The fourth-order valence-corrected chi connectivity index (χ4v) is 2.53. The quantitative estimate of drug-likeness (QED) is 0.732. The number of halogens is 2. The SMILES string of the molecule is Cc1ccccc1-c1nnc(CNc2ccc(Cl)cc2Cl)o1. The van der Waals surface area contributed by atoms with E-state index in [0.717, 1.165) is 16.8 Å². The van der Waals surface area contributed by atoms with Gasteiger partial charge in [-0.1, -0.05) is 41.4 Å². The summed E-state index contributed by atoms with van der Waals surface area (Å²) >= 11 is 12.0. The van der Waals surface area contributed by atoms with Gasteiger partial charge in [0.2, 0.25) is 11.8 Å². The van der Waals surface area contributed by atoms with Gasteiger partial charge in [0.25, 0.3) is 0 Å². The highest BCUT2D eigenvalue weighted by Gasteiger charge is 2.10. The normalized spacial score (nSPS) is 10.7. The molecular formula is C16H13Cl2N3O. The van der Waals surface area contributed by atoms with Crippen molar-refractivity contribution in [3.05, 3.63) is 64.0 Å². The predicted octanol–water partition coefficient (Wildman–Crippen LogP) is 4.96. The Labute approximate surface area is 138 Å². The van der Waals surface area contributed by atoms with Gasteiger partial charge < -0.3 is 9.73 Å². The number of rotatable bonds is 4. The van der Waals surface area contributed by atoms with Crippen LogP contribution >= 0.6 is 23.2 Å². The van der Waals surface area contributed by atoms with Crippen LogP contribution in [0.3, 0.4) is 0 Å². The molecule has 1 heterocycles. The molecule has 0 bridgehead atoms. The zero-order valence-corrected chi connectivity index (χ0v) is 13.3. The van der Waals surface area contributed by atoms with Crippen molar-refractivity contribution >= 4 is 28.9 Å². The second-order valence-corrected chi connectivity index (χ2v) is 5.64. The molecule has 0 aliphatic rings. The Bertz CT molecular complexity index is 802. The van der Waals surface area contributed by atoms with Crippen LogP contribution in [0.2, 0.25) is 10.0 Å². The molecule has 4 nitrogen and oxygen atoms in total. The first kappa shape index (κ1) is 14.9. The maximum absolute atomic E-state index is 6.10. The van der Waals surface area contributed by atoms with Gasteiger partial charge in [-0.05, 0) is 36.8 Å². The fraction of sp³-hybridized carbons (Fsp3) is 0.125. The number of aryl methyl sites for hydroxylation is 1. The summed E-state index contributed by atoms with van der Waals surface area (Å²) in [6.45, 7) is 2.39. The monoisotopic (exact) mass is 333 g/mol. The third kappa shape index (κ3) is 3.24. The largest absolute Gasteiger partial charge is 0.419 e. The first-order valence-electron chi connectivity index (χ1n) is 6.71. The topological polar surface area (TPSA) is 51.0 Å². The highest BCUT2D eigenvalue weighted by atomic mass is 35.5. The highest BCUT2D eigenvalue weighted by Crippen LogP contribution is 2.26. The Morgan fingerprint density at radius 1 is 1.09 bits per heavy atom. The summed E-state index contributed by atoms with van der Waals surface area (Å²) in [7, 11) is 0. The lowest BCUT2D eigenvalue weighted by atomic mass is 10.1. The van der Waals surface area contributed by atoms with Crippen molar-refractivity contribution in [1.29, 1.82) is 0 Å². The van der Waals surface area contributed by atoms with Gasteiger partial charge in [0.05, 0.1) is 17.3 Å². The summed E-state index contributed by atoms with van der Waals surface area (Å²) in [5.41, 5.74) is 2.79. The van der Waals surface area contributed by atoms with E-state index in [1.807, 2.05) is 37.3 Å². The molecule has 1 aromatic heterocycles. The van der Waals surface area contributed by atoms with Gasteiger partial charge >= 0.3 is 0 Å². The van der Waals surface area contributed by atoms with Crippen LogP contribution in [0.5, 0.6) is 0 Å². The standard InChI is InChI=1S/C16H13Cl2N3O/c1-10-4-2-3-5-12(10)16-21-20-15(22-16)9-19-14-7-6-11(17)8-13(14)18/h2-8,19H,9H2,1H3. The lowest BCUT2D eigenvalue weighted by Gasteiger charge is -2.06. The maximum Gasteiger partial charge on any atom is 0.248 e. The molecule has 0 atom stereocenters. The van der Waals surface area contributed by atoms with E-state index >= 15 is 0 Å². The maximum atomic E-state index is 6.10. The number of anilines is 1. The minimum absolute atomic E-state index is 0.389. The van der Waals surface area contributed by atoms with E-state index in [2.05, 4.69) is 15.5 Å². The van der Waals surface area contributed by atoms with Crippen molar-refractivity contribution in [3.8, 4) is 11.5 Å². The van der Waals surface area contributed by atoms with Gasteiger partial charge in [0, 0.05) is 10.6 Å². The second kappa shape index (κ2) is 6.38. The van der Waals surface area contributed by atoms with Gasteiger partial charge in [-0.2, -0.15) is 0 Å². The van der Waals surface area contributed by atoms with E-state index in [9.17, 15) is 0 Å². The highest BCUT2D eigenvalue weighted by molar-refractivity contribution is 6.36. The molecule has 0 saturated carbocycles. The van der Waals surface area contributed by atoms with E-state index < -0.39 is 0 Å². The van der Waals surface area contributed by atoms with E-state index in [-0.39, 0.29) is 0 Å². The summed E-state index contributed by atoms with van der Waals surface area (Å²) in [4.78, 5) is 0. The van der Waals surface area contributed by atoms with Gasteiger partial charge in [0.1, 0.15) is 0 Å². The summed E-state index contributed by atoms with van der Waals surface area (Å²) in [5, 5.41) is 12.4. The summed E-state index contributed by atoms with van der Waals surface area (Å²) in [5.74, 6) is 1.00. The van der Waals surface area contributed by atoms with Crippen molar-refractivity contribution in [1.82, 2.24) is 10.2 Å². The average molecular weight is 334 g/mol. The third-order valence-electron chi connectivity index (χ3n) is 3.20. The second-order valence-electron chi connectivity index (χ2n) is 4.79. The number of nitrogens with zero attached hydrogens (tertiary/aromatic N) is 2. The predicted molar refractivity (Wildman–Crippen MR) is 88.3 cm³/mol. The molecule has 112 valence electrons. The average Bonchev–Trinajstić information content (AvgIpc) is 2.95. The molecule has 3 rings (SSSR count). The van der Waals surface area contributed by atoms with Crippen LogP contribution in [0, 0.1) is 6.92 Å². The summed E-state index contributed by atoms with van der Waals surface area (Å²) in [6, 6.07) is 13.1. The minimum atomic E-state index is 0.389. The Balaban J connectivity index is 1.74. The summed E-state index contributed by atoms with van der Waals surface area (Å²) < 4.78 is 5.68. The van der Waals surface area contributed by atoms with Crippen LogP contribution in [0.25, 0.3) is 11.5 Å². The van der Waals surface area contributed by atoms with Crippen LogP contribution in [-0.2, 0) is 6.54 Å². The Morgan fingerprint density at radius 2 is 1.91 bits per heavy atom. The number of benzene rings is 2. The number of hydrogen-bond acceptors (Lipinski definition) is 4. The lowest BCUT2D eigenvalue weighted by molar-refractivity contribution is 0.514. The molecule has 0 amide bonds. The molecule has 0 aliphatic carbocycles. The van der Waals surface area contributed by atoms with Crippen molar-refractivity contribution in [2.45, 2.75) is 13.5 Å². The van der Waals surface area contributed by atoms with Gasteiger partial charge in [-0.3, -0.25) is 0 Å². The molecule has 0 saturated heterocycles. The van der Waals surface area contributed by atoms with Crippen LogP contribution in [-0.4, -0.2) is 10.2 Å². The summed E-state index contributed by atoms with van der Waals surface area (Å²) in [6.07, 6.45) is 0. The van der Waals surface area contributed by atoms with Crippen LogP contribution < -0.4 is 5.32 Å². The molecule has 0 aliphatic heterocycles. The molecule has 0 unspecified atom stereocenters. The molecule has 6 heteroatoms. The van der Waals surface area contributed by atoms with Crippen molar-refractivity contribution in [2.24, 2.45) is 0 Å². The van der Waals surface area contributed by atoms with E-state index in [4.69, 9.17) is 27.6 Å². The number of hydrogen-bond donors (Lipinski definition) is 1. The molecule has 1 N–H and O–H groups in total. The van der Waals surface area contributed by atoms with Gasteiger partial charge in [-0.15, -0.1) is 10.2 Å². The first-order valence-corrected chi connectivity index (χ1v) is 7.46. The zero-order chi connectivity index (χ0) is 15.5. The number of nitrogens with one attached hydrogen (secondary N) is 1. The lowest BCUT2D eigenvalue weighted by Crippen LogP contribution is -2.00. The number of aromatic nitrogens is 2. The van der Waals surface area contributed by atoms with Crippen molar-refractivity contribution < 1.29 is 4.42 Å². The molecule has 2 aromatic carbocycles. The van der Waals surface area contributed by atoms with E-state index in [1.54, 1.807) is 12.1 Å². The van der Waals surface area contributed by atoms with E-state index in [0.29, 0.717) is 28.4 Å². The Hall–Kier alpha value is -2.04. The van der Waals surface area contributed by atoms with Gasteiger partial charge in [-0.25, -0.2) is 0 Å². The van der Waals surface area contributed by atoms with Crippen LogP contribution in [0.1, 0.15) is 11.5 Å². The zero-order valence-electron chi connectivity index (χ0n) is 11.8. The third-order valence-corrected chi connectivity index (χ3v) is 3.75. The fourth-order valence-electron chi connectivity index (χ4n) is 2.05. The molecule has 3 aromatic rings. The Morgan fingerprint density at radius 3 is 2.68 bits per heavy atom. The Kier molecular flexibility index (Phi) is 4.32. The molecular weight excluding hydrogens is 321 g/mol. The molecule has 22 heavy (non-hydrogen) atoms. The van der Waals surface area contributed by atoms with E-state index in [1.165, 1.54) is 0 Å². The molecule has 0 fully saturated rings. The molecule has 0 radical (unpaired) electrons. The van der Waals surface area contributed by atoms with Gasteiger partial charge in [0.15, 0.2) is 0 Å². The first-order chi connectivity index (χ1) is 10.6. The van der Waals surface area contributed by atoms with Crippen molar-refractivity contribution in [3.63, 3.8) is 0 Å². The smallest absolute Gasteiger partial charge is 0.248 e. The van der Waals surface area contributed by atoms with Crippen LogP contribution in [0.15, 0.2) is 46.9 Å². The minimum Gasteiger partial charge on any atom is -0.419 e.